The summed E-state index contributed by atoms with van der Waals surface area (Å²) >= 11 is 11.7. The number of esters is 1. The highest BCUT2D eigenvalue weighted by Crippen LogP contribution is 2.27. The first-order chi connectivity index (χ1) is 12.4. The van der Waals surface area contributed by atoms with Crippen LogP contribution in [-0.4, -0.2) is 32.7 Å². The van der Waals surface area contributed by atoms with Gasteiger partial charge in [0.2, 0.25) is 0 Å². The molecule has 0 aliphatic carbocycles. The highest BCUT2D eigenvalue weighted by Gasteiger charge is 2.14. The van der Waals surface area contributed by atoms with E-state index in [9.17, 15) is 9.59 Å². The molecule has 138 valence electrons. The van der Waals surface area contributed by atoms with E-state index in [1.165, 1.54) is 19.2 Å². The number of halogens is 2. The maximum atomic E-state index is 12.0. The molecule has 0 atom stereocenters. The van der Waals surface area contributed by atoms with Gasteiger partial charge in [0.1, 0.15) is 0 Å². The van der Waals surface area contributed by atoms with Crippen LogP contribution in [0.15, 0.2) is 36.4 Å². The third kappa shape index (κ3) is 5.28. The van der Waals surface area contributed by atoms with E-state index in [-0.39, 0.29) is 17.1 Å². The van der Waals surface area contributed by atoms with Crippen LogP contribution in [0.1, 0.15) is 15.9 Å². The molecule has 0 aromatic heterocycles. The number of ether oxygens (including phenoxy) is 3. The molecule has 1 amide bonds. The first-order valence-electron chi connectivity index (χ1n) is 7.54. The van der Waals surface area contributed by atoms with Gasteiger partial charge in [-0.1, -0.05) is 29.3 Å². The van der Waals surface area contributed by atoms with E-state index in [2.05, 4.69) is 5.32 Å². The molecule has 0 heterocycles. The average molecular weight is 398 g/mol. The number of nitrogens with one attached hydrogen (secondary N) is 1. The van der Waals surface area contributed by atoms with E-state index in [4.69, 9.17) is 37.4 Å². The van der Waals surface area contributed by atoms with E-state index in [1.807, 2.05) is 0 Å². The van der Waals surface area contributed by atoms with Crippen molar-refractivity contribution in [3.8, 4) is 11.5 Å². The number of hydrogen-bond donors (Lipinski definition) is 1. The highest BCUT2D eigenvalue weighted by atomic mass is 35.5. The first-order valence-corrected chi connectivity index (χ1v) is 8.30. The molecule has 6 nitrogen and oxygen atoms in total. The lowest BCUT2D eigenvalue weighted by atomic mass is 10.2. The van der Waals surface area contributed by atoms with Crippen LogP contribution in [0.3, 0.4) is 0 Å². The lowest BCUT2D eigenvalue weighted by Crippen LogP contribution is -2.28. The fourth-order valence-corrected chi connectivity index (χ4v) is 2.47. The molecule has 8 heteroatoms. The van der Waals surface area contributed by atoms with Crippen LogP contribution in [0.4, 0.5) is 0 Å². The van der Waals surface area contributed by atoms with Gasteiger partial charge in [-0.3, -0.25) is 4.79 Å². The smallest absolute Gasteiger partial charge is 0.340 e. The minimum Gasteiger partial charge on any atom is -0.493 e. The monoisotopic (exact) mass is 397 g/mol. The zero-order valence-electron chi connectivity index (χ0n) is 14.2. The molecule has 0 fully saturated rings. The zero-order chi connectivity index (χ0) is 19.1. The third-order valence-corrected chi connectivity index (χ3v) is 3.98. The van der Waals surface area contributed by atoms with Crippen LogP contribution >= 0.6 is 23.2 Å². The molecule has 0 saturated heterocycles. The molecule has 0 saturated carbocycles. The van der Waals surface area contributed by atoms with E-state index in [1.54, 1.807) is 31.4 Å². The summed E-state index contributed by atoms with van der Waals surface area (Å²) in [6.45, 7) is -0.191. The number of carbonyl (C=O) groups excluding carboxylic acids is 2. The summed E-state index contributed by atoms with van der Waals surface area (Å²) in [6.07, 6.45) is 0. The topological polar surface area (TPSA) is 73.9 Å². The van der Waals surface area contributed by atoms with Gasteiger partial charge in [-0.05, 0) is 35.9 Å². The maximum absolute atomic E-state index is 12.0. The largest absolute Gasteiger partial charge is 0.493 e. The number of amides is 1. The summed E-state index contributed by atoms with van der Waals surface area (Å²) in [6, 6.07) is 9.69. The lowest BCUT2D eigenvalue weighted by molar-refractivity contribution is -0.124. The van der Waals surface area contributed by atoms with Crippen molar-refractivity contribution in [2.24, 2.45) is 0 Å². The van der Waals surface area contributed by atoms with E-state index >= 15 is 0 Å². The molecule has 26 heavy (non-hydrogen) atoms. The van der Waals surface area contributed by atoms with Crippen molar-refractivity contribution in [2.75, 3.05) is 20.8 Å². The average Bonchev–Trinajstić information content (AvgIpc) is 2.65. The van der Waals surface area contributed by atoms with E-state index in [0.29, 0.717) is 16.5 Å². The van der Waals surface area contributed by atoms with Crippen LogP contribution in [-0.2, 0) is 16.1 Å². The Morgan fingerprint density at radius 1 is 1.00 bits per heavy atom. The Labute approximate surface area is 160 Å². The third-order valence-electron chi connectivity index (χ3n) is 3.42. The summed E-state index contributed by atoms with van der Waals surface area (Å²) in [7, 11) is 3.07. The molecule has 0 aliphatic heterocycles. The van der Waals surface area contributed by atoms with E-state index < -0.39 is 18.5 Å². The molecule has 1 N–H and O–H groups in total. The van der Waals surface area contributed by atoms with Gasteiger partial charge in [-0.25, -0.2) is 4.79 Å². The number of methoxy groups -OCH3 is 2. The predicted molar refractivity (Wildman–Crippen MR) is 98.1 cm³/mol. The van der Waals surface area contributed by atoms with Crippen molar-refractivity contribution in [3.63, 3.8) is 0 Å². The number of hydrogen-bond acceptors (Lipinski definition) is 5. The van der Waals surface area contributed by atoms with Gasteiger partial charge < -0.3 is 19.5 Å². The Kier molecular flexibility index (Phi) is 7.12. The molecule has 0 bridgehead atoms. The van der Waals surface area contributed by atoms with Crippen molar-refractivity contribution in [1.29, 1.82) is 0 Å². The van der Waals surface area contributed by atoms with Gasteiger partial charge in [0.05, 0.1) is 24.8 Å². The molecular weight excluding hydrogens is 381 g/mol. The van der Waals surface area contributed by atoms with Crippen LogP contribution in [0.5, 0.6) is 11.5 Å². The quantitative estimate of drug-likeness (QED) is 0.723. The second kappa shape index (κ2) is 9.31. The van der Waals surface area contributed by atoms with Gasteiger partial charge >= 0.3 is 5.97 Å². The number of benzene rings is 2. The highest BCUT2D eigenvalue weighted by molar-refractivity contribution is 6.35. The summed E-state index contributed by atoms with van der Waals surface area (Å²) in [5.74, 6) is -0.0266. The predicted octanol–water partition coefficient (Wildman–Crippen LogP) is 3.48. The van der Waals surface area contributed by atoms with Crippen molar-refractivity contribution < 1.29 is 23.8 Å². The van der Waals surface area contributed by atoms with E-state index in [0.717, 1.165) is 5.56 Å². The Morgan fingerprint density at radius 3 is 2.42 bits per heavy atom. The molecule has 2 rings (SSSR count). The second-order valence-corrected chi connectivity index (χ2v) is 6.01. The summed E-state index contributed by atoms with van der Waals surface area (Å²) in [4.78, 5) is 23.9. The minimum atomic E-state index is -0.723. The standard InChI is InChI=1S/C18H17Cl2NO5/c1-24-15-6-3-11(7-16(15)25-2)9-21-17(22)10-26-18(23)13-8-12(19)4-5-14(13)20/h3-8H,9-10H2,1-2H3,(H,21,22). The van der Waals surface area contributed by atoms with Crippen LogP contribution in [0, 0.1) is 0 Å². The molecule has 0 aliphatic rings. The SMILES string of the molecule is COc1ccc(CNC(=O)COC(=O)c2cc(Cl)ccc2Cl)cc1OC. The molecule has 0 radical (unpaired) electrons. The molecule has 0 spiro atoms. The normalized spacial score (nSPS) is 10.2. The van der Waals surface area contributed by atoms with Gasteiger partial charge in [0.25, 0.3) is 5.91 Å². The molecule has 2 aromatic carbocycles. The first kappa shape index (κ1) is 19.9. The Balaban J connectivity index is 1.87. The van der Waals surface area contributed by atoms with Crippen LogP contribution in [0.2, 0.25) is 10.0 Å². The van der Waals surface area contributed by atoms with Crippen molar-refractivity contribution >= 4 is 35.1 Å². The second-order valence-electron chi connectivity index (χ2n) is 5.17. The van der Waals surface area contributed by atoms with Crippen LogP contribution in [0.25, 0.3) is 0 Å². The Bertz CT molecular complexity index is 810. The fraction of sp³-hybridized carbons (Fsp3) is 0.222. The van der Waals surface area contributed by atoms with Crippen molar-refractivity contribution in [2.45, 2.75) is 6.54 Å². The Hall–Kier alpha value is -2.44. The van der Waals surface area contributed by atoms with Gasteiger partial charge in [-0.2, -0.15) is 0 Å². The van der Waals surface area contributed by atoms with Gasteiger partial charge in [-0.15, -0.1) is 0 Å². The van der Waals surface area contributed by atoms with Crippen molar-refractivity contribution in [1.82, 2.24) is 5.32 Å². The summed E-state index contributed by atoms with van der Waals surface area (Å²) < 4.78 is 15.3. The zero-order valence-corrected chi connectivity index (χ0v) is 15.7. The number of carbonyl (C=O) groups is 2. The summed E-state index contributed by atoms with van der Waals surface area (Å²) in [5.41, 5.74) is 0.909. The minimum absolute atomic E-state index is 0.104. The fourth-order valence-electron chi connectivity index (χ4n) is 2.11. The molecule has 2 aromatic rings. The Morgan fingerprint density at radius 2 is 1.73 bits per heavy atom. The van der Waals surface area contributed by atoms with Gasteiger partial charge in [0, 0.05) is 11.6 Å². The lowest BCUT2D eigenvalue weighted by Gasteiger charge is -2.11. The van der Waals surface area contributed by atoms with Crippen LogP contribution < -0.4 is 14.8 Å². The molecule has 0 unspecified atom stereocenters. The van der Waals surface area contributed by atoms with Gasteiger partial charge in [0.15, 0.2) is 18.1 Å². The number of rotatable bonds is 7. The van der Waals surface area contributed by atoms with Crippen molar-refractivity contribution in [3.05, 3.63) is 57.6 Å². The molecular formula is C18H17Cl2NO5. The summed E-state index contributed by atoms with van der Waals surface area (Å²) in [5, 5.41) is 3.19. The maximum Gasteiger partial charge on any atom is 0.340 e.